The Morgan fingerprint density at radius 1 is 1.09 bits per heavy atom. The normalized spacial score (nSPS) is 25.4. The minimum Gasteiger partial charge on any atom is -0.495 e. The van der Waals surface area contributed by atoms with Crippen molar-refractivity contribution in [2.45, 2.75) is 44.3 Å². The Bertz CT molecular complexity index is 1100. The predicted molar refractivity (Wildman–Crippen MR) is 118 cm³/mol. The van der Waals surface area contributed by atoms with Crippen LogP contribution in [0.2, 0.25) is 0 Å². The van der Waals surface area contributed by atoms with Crippen molar-refractivity contribution in [3.8, 4) is 5.75 Å². The Balaban J connectivity index is 1.42. The van der Waals surface area contributed by atoms with Gasteiger partial charge in [0, 0.05) is 4.88 Å². The first-order chi connectivity index (χ1) is 15.5. The number of ether oxygens (including phenoxy) is 2. The molecule has 1 aromatic carbocycles. The largest absolute Gasteiger partial charge is 0.495 e. The van der Waals surface area contributed by atoms with Crippen molar-refractivity contribution < 1.29 is 29.0 Å². The summed E-state index contributed by atoms with van der Waals surface area (Å²) in [4.78, 5) is 39.3. The molecule has 4 atom stereocenters. The summed E-state index contributed by atoms with van der Waals surface area (Å²) in [5.74, 6) is -2.79. The van der Waals surface area contributed by atoms with Crippen LogP contribution >= 0.6 is 11.3 Å². The number of para-hydroxylation sites is 2. The zero-order valence-corrected chi connectivity index (χ0v) is 18.4. The minimum atomic E-state index is -1.01. The topological polar surface area (TPSA) is 114 Å². The van der Waals surface area contributed by atoms with E-state index in [0.717, 1.165) is 29.7 Å². The Labute approximate surface area is 188 Å². The van der Waals surface area contributed by atoms with Crippen LogP contribution in [0.4, 0.5) is 10.7 Å². The molecule has 3 aliphatic rings. The number of carboxylic acid groups (broad SMARTS) is 1. The number of nitrogens with one attached hydrogen (secondary N) is 2. The number of hydrogen-bond acceptors (Lipinski definition) is 6. The third-order valence-corrected chi connectivity index (χ3v) is 7.81. The lowest BCUT2D eigenvalue weighted by molar-refractivity contribution is -0.147. The SMILES string of the molecule is COc1ccccc1NC(=O)c1c(NC(=O)[C@@H]2[C@@H](C(=O)O)[C@H]3CC[C@@H]2O3)sc2c1CCC2. The molecule has 3 heterocycles. The fourth-order valence-electron chi connectivity index (χ4n) is 5.19. The molecule has 2 amide bonds. The first-order valence-corrected chi connectivity index (χ1v) is 11.6. The molecule has 3 N–H and O–H groups in total. The molecule has 168 valence electrons. The number of hydrogen-bond donors (Lipinski definition) is 3. The van der Waals surface area contributed by atoms with Crippen molar-refractivity contribution in [2.24, 2.45) is 11.8 Å². The monoisotopic (exact) mass is 456 g/mol. The van der Waals surface area contributed by atoms with Gasteiger partial charge in [0.15, 0.2) is 0 Å². The minimum absolute atomic E-state index is 0.317. The van der Waals surface area contributed by atoms with Gasteiger partial charge in [0.25, 0.3) is 5.91 Å². The maximum Gasteiger partial charge on any atom is 0.310 e. The molecular weight excluding hydrogens is 432 g/mol. The van der Waals surface area contributed by atoms with Gasteiger partial charge in [-0.25, -0.2) is 0 Å². The number of amides is 2. The van der Waals surface area contributed by atoms with E-state index in [4.69, 9.17) is 9.47 Å². The van der Waals surface area contributed by atoms with Crippen LogP contribution in [-0.2, 0) is 27.2 Å². The van der Waals surface area contributed by atoms with Gasteiger partial charge in [-0.2, -0.15) is 0 Å². The highest BCUT2D eigenvalue weighted by Crippen LogP contribution is 2.45. The van der Waals surface area contributed by atoms with Crippen LogP contribution in [0, 0.1) is 11.8 Å². The van der Waals surface area contributed by atoms with Crippen molar-refractivity contribution in [3.05, 3.63) is 40.3 Å². The average molecular weight is 457 g/mol. The number of aryl methyl sites for hydroxylation is 1. The first-order valence-electron chi connectivity index (χ1n) is 10.8. The smallest absolute Gasteiger partial charge is 0.310 e. The molecule has 2 fully saturated rings. The number of fused-ring (bicyclic) bond motifs is 3. The molecule has 9 heteroatoms. The van der Waals surface area contributed by atoms with Crippen LogP contribution in [0.15, 0.2) is 24.3 Å². The van der Waals surface area contributed by atoms with Crippen LogP contribution < -0.4 is 15.4 Å². The highest BCUT2D eigenvalue weighted by Gasteiger charge is 2.55. The number of anilines is 2. The van der Waals surface area contributed by atoms with E-state index in [0.29, 0.717) is 34.8 Å². The van der Waals surface area contributed by atoms with E-state index in [1.165, 1.54) is 18.4 Å². The van der Waals surface area contributed by atoms with E-state index in [-0.39, 0.29) is 5.91 Å². The first kappa shape index (κ1) is 21.0. The van der Waals surface area contributed by atoms with E-state index in [9.17, 15) is 19.5 Å². The lowest BCUT2D eigenvalue weighted by Gasteiger charge is -2.23. The highest BCUT2D eigenvalue weighted by molar-refractivity contribution is 7.17. The fraction of sp³-hybridized carbons (Fsp3) is 0.435. The summed E-state index contributed by atoms with van der Waals surface area (Å²) < 4.78 is 11.1. The van der Waals surface area contributed by atoms with Crippen molar-refractivity contribution in [2.75, 3.05) is 17.7 Å². The van der Waals surface area contributed by atoms with Crippen molar-refractivity contribution in [1.82, 2.24) is 0 Å². The number of benzene rings is 1. The summed E-state index contributed by atoms with van der Waals surface area (Å²) in [6.45, 7) is 0. The summed E-state index contributed by atoms with van der Waals surface area (Å²) in [5.41, 5.74) is 1.96. The molecule has 0 unspecified atom stereocenters. The molecule has 2 aromatic rings. The summed E-state index contributed by atoms with van der Waals surface area (Å²) in [6.07, 6.45) is 3.12. The second-order valence-electron chi connectivity index (χ2n) is 8.39. The predicted octanol–water partition coefficient (Wildman–Crippen LogP) is 3.31. The van der Waals surface area contributed by atoms with Gasteiger partial charge >= 0.3 is 5.97 Å². The molecule has 1 aliphatic carbocycles. The molecule has 8 nitrogen and oxygen atoms in total. The number of rotatable bonds is 6. The van der Waals surface area contributed by atoms with E-state index in [2.05, 4.69) is 10.6 Å². The third-order valence-electron chi connectivity index (χ3n) is 6.60. The molecule has 32 heavy (non-hydrogen) atoms. The van der Waals surface area contributed by atoms with Crippen LogP contribution in [0.3, 0.4) is 0 Å². The van der Waals surface area contributed by atoms with E-state index in [1.807, 2.05) is 6.07 Å². The molecule has 1 aromatic heterocycles. The number of aliphatic carboxylic acids is 1. The maximum absolute atomic E-state index is 13.3. The van der Waals surface area contributed by atoms with Gasteiger partial charge in [-0.3, -0.25) is 14.4 Å². The fourth-order valence-corrected chi connectivity index (χ4v) is 6.47. The van der Waals surface area contributed by atoms with Gasteiger partial charge in [-0.15, -0.1) is 11.3 Å². The lowest BCUT2D eigenvalue weighted by Crippen LogP contribution is -2.41. The lowest BCUT2D eigenvalue weighted by atomic mass is 9.79. The Kier molecular flexibility index (Phi) is 5.38. The second kappa shape index (κ2) is 8.22. The third kappa shape index (κ3) is 3.45. The number of thiophene rings is 1. The Morgan fingerprint density at radius 3 is 2.59 bits per heavy atom. The van der Waals surface area contributed by atoms with Crippen LogP contribution in [0.25, 0.3) is 0 Å². The second-order valence-corrected chi connectivity index (χ2v) is 9.49. The van der Waals surface area contributed by atoms with Gasteiger partial charge in [-0.1, -0.05) is 12.1 Å². The van der Waals surface area contributed by atoms with Gasteiger partial charge in [-0.05, 0) is 49.8 Å². The number of methoxy groups -OCH3 is 1. The number of carboxylic acids is 1. The number of carbonyl (C=O) groups excluding carboxylic acids is 2. The molecule has 5 rings (SSSR count). The molecule has 2 aliphatic heterocycles. The van der Waals surface area contributed by atoms with Crippen LogP contribution in [-0.4, -0.2) is 42.2 Å². The number of carbonyl (C=O) groups is 3. The van der Waals surface area contributed by atoms with E-state index >= 15 is 0 Å². The van der Waals surface area contributed by atoms with Gasteiger partial charge in [0.1, 0.15) is 10.8 Å². The molecular formula is C23H24N2O6S. The highest BCUT2D eigenvalue weighted by atomic mass is 32.1. The summed E-state index contributed by atoms with van der Waals surface area (Å²) in [5, 5.41) is 15.9. The van der Waals surface area contributed by atoms with Gasteiger partial charge in [0.2, 0.25) is 5.91 Å². The molecule has 2 bridgehead atoms. The van der Waals surface area contributed by atoms with Crippen molar-refractivity contribution in [1.29, 1.82) is 0 Å². The van der Waals surface area contributed by atoms with E-state index < -0.39 is 35.9 Å². The quantitative estimate of drug-likeness (QED) is 0.615. The Hall–Kier alpha value is -2.91. The standard InChI is InChI=1S/C23H24N2O6S/c1-30-13-7-3-2-6-12(13)24-20(26)17-11-5-4-8-16(11)32-22(17)25-21(27)18-14-9-10-15(31-14)19(18)23(28)29/h2-3,6-7,14-15,18-19H,4-5,8-10H2,1H3,(H,24,26)(H,25,27)(H,28,29)/t14-,15+,18-,19-/m0/s1. The van der Waals surface area contributed by atoms with Crippen LogP contribution in [0.1, 0.15) is 40.1 Å². The summed E-state index contributed by atoms with van der Waals surface area (Å²) in [6, 6.07) is 7.14. The average Bonchev–Trinajstić information content (AvgIpc) is 3.54. The van der Waals surface area contributed by atoms with E-state index in [1.54, 1.807) is 18.2 Å². The molecule has 0 spiro atoms. The summed E-state index contributed by atoms with van der Waals surface area (Å²) in [7, 11) is 1.54. The maximum atomic E-state index is 13.3. The molecule has 2 saturated heterocycles. The molecule has 0 saturated carbocycles. The Morgan fingerprint density at radius 2 is 1.84 bits per heavy atom. The zero-order valence-electron chi connectivity index (χ0n) is 17.6. The van der Waals surface area contributed by atoms with Gasteiger partial charge < -0.3 is 25.2 Å². The van der Waals surface area contributed by atoms with Gasteiger partial charge in [0.05, 0.1) is 42.4 Å². The van der Waals surface area contributed by atoms with Crippen LogP contribution in [0.5, 0.6) is 5.75 Å². The zero-order chi connectivity index (χ0) is 22.4. The van der Waals surface area contributed by atoms with Crippen molar-refractivity contribution >= 4 is 39.8 Å². The van der Waals surface area contributed by atoms with Crippen molar-refractivity contribution in [3.63, 3.8) is 0 Å². The molecule has 0 radical (unpaired) electrons. The summed E-state index contributed by atoms with van der Waals surface area (Å²) >= 11 is 1.40.